The van der Waals surface area contributed by atoms with E-state index in [2.05, 4.69) is 17.0 Å². The second kappa shape index (κ2) is 3.37. The zero-order valence-corrected chi connectivity index (χ0v) is 7.55. The zero-order valence-electron chi connectivity index (χ0n) is 6.73. The van der Waals surface area contributed by atoms with E-state index in [1.807, 2.05) is 23.9 Å². The summed E-state index contributed by atoms with van der Waals surface area (Å²) in [5.41, 5.74) is 1.26. The lowest BCUT2D eigenvalue weighted by Gasteiger charge is -2.15. The average molecular weight is 181 g/mol. The Bertz CT molecular complexity index is 275. The molecular formula is C9H11NOS. The first-order valence-electron chi connectivity index (χ1n) is 3.99. The second-order valence-corrected chi connectivity index (χ2v) is 3.71. The minimum atomic E-state index is 0.231. The van der Waals surface area contributed by atoms with Crippen LogP contribution in [0.3, 0.4) is 0 Å². The van der Waals surface area contributed by atoms with Gasteiger partial charge in [0.15, 0.2) is 0 Å². The molecular weight excluding hydrogens is 170 g/mol. The summed E-state index contributed by atoms with van der Waals surface area (Å²) in [6.07, 6.45) is 0. The highest BCUT2D eigenvalue weighted by atomic mass is 32.2. The number of hydrogen-bond donors (Lipinski definition) is 1. The average Bonchev–Trinajstić information content (AvgIpc) is 2.50. The Kier molecular flexibility index (Phi) is 2.23. The number of fused-ring (bicyclic) bond motifs is 1. The molecule has 1 aromatic carbocycles. The van der Waals surface area contributed by atoms with Gasteiger partial charge in [0.1, 0.15) is 0 Å². The molecule has 0 atom stereocenters. The minimum absolute atomic E-state index is 0.231. The molecule has 2 nitrogen and oxygen atoms in total. The SMILES string of the molecule is OCCN1CSc2ccccc21. The molecule has 12 heavy (non-hydrogen) atoms. The van der Waals surface area contributed by atoms with E-state index < -0.39 is 0 Å². The number of nitrogens with zero attached hydrogens (tertiary/aromatic N) is 1. The molecule has 0 radical (unpaired) electrons. The van der Waals surface area contributed by atoms with Crippen LogP contribution in [-0.4, -0.2) is 24.1 Å². The minimum Gasteiger partial charge on any atom is -0.395 e. The predicted molar refractivity (Wildman–Crippen MR) is 51.6 cm³/mol. The number of thioether (sulfide) groups is 1. The first-order valence-corrected chi connectivity index (χ1v) is 4.98. The second-order valence-electron chi connectivity index (χ2n) is 2.73. The van der Waals surface area contributed by atoms with Crippen molar-refractivity contribution in [2.24, 2.45) is 0 Å². The molecule has 0 bridgehead atoms. The van der Waals surface area contributed by atoms with Crippen LogP contribution in [0.25, 0.3) is 0 Å². The summed E-state index contributed by atoms with van der Waals surface area (Å²) in [5, 5.41) is 8.80. The van der Waals surface area contributed by atoms with Gasteiger partial charge in [0.25, 0.3) is 0 Å². The third kappa shape index (κ3) is 1.30. The van der Waals surface area contributed by atoms with E-state index in [0.29, 0.717) is 0 Å². The molecule has 64 valence electrons. The van der Waals surface area contributed by atoms with Gasteiger partial charge >= 0.3 is 0 Å². The Morgan fingerprint density at radius 2 is 2.25 bits per heavy atom. The number of β-amino-alcohol motifs (C(OH)–C–C–N with tert-alkyl or cyclic N) is 1. The van der Waals surface area contributed by atoms with Gasteiger partial charge in [0.05, 0.1) is 18.2 Å². The van der Waals surface area contributed by atoms with Crippen molar-refractivity contribution in [3.05, 3.63) is 24.3 Å². The van der Waals surface area contributed by atoms with Gasteiger partial charge in [0, 0.05) is 11.4 Å². The van der Waals surface area contributed by atoms with Crippen LogP contribution in [0.1, 0.15) is 0 Å². The maximum Gasteiger partial charge on any atom is 0.0687 e. The van der Waals surface area contributed by atoms with Crippen molar-refractivity contribution in [1.82, 2.24) is 0 Å². The molecule has 1 aromatic rings. The van der Waals surface area contributed by atoms with E-state index in [1.165, 1.54) is 10.6 Å². The maximum absolute atomic E-state index is 8.80. The van der Waals surface area contributed by atoms with Gasteiger partial charge in [-0.3, -0.25) is 0 Å². The van der Waals surface area contributed by atoms with E-state index in [4.69, 9.17) is 5.11 Å². The molecule has 2 rings (SSSR count). The van der Waals surface area contributed by atoms with Gasteiger partial charge in [-0.25, -0.2) is 0 Å². The highest BCUT2D eigenvalue weighted by Gasteiger charge is 2.17. The molecule has 0 unspecified atom stereocenters. The maximum atomic E-state index is 8.80. The fourth-order valence-electron chi connectivity index (χ4n) is 1.36. The summed E-state index contributed by atoms with van der Waals surface area (Å²) >= 11 is 1.83. The Labute approximate surface area is 76.2 Å². The molecule has 0 fully saturated rings. The molecule has 1 aliphatic rings. The van der Waals surface area contributed by atoms with Crippen LogP contribution in [0.4, 0.5) is 5.69 Å². The highest BCUT2D eigenvalue weighted by molar-refractivity contribution is 7.99. The van der Waals surface area contributed by atoms with Gasteiger partial charge < -0.3 is 10.0 Å². The molecule has 1 aliphatic heterocycles. The molecule has 3 heteroatoms. The van der Waals surface area contributed by atoms with E-state index in [9.17, 15) is 0 Å². The van der Waals surface area contributed by atoms with Crippen LogP contribution in [0, 0.1) is 0 Å². The molecule has 0 amide bonds. The summed E-state index contributed by atoms with van der Waals surface area (Å²) in [6.45, 7) is 0.971. The number of benzene rings is 1. The summed E-state index contributed by atoms with van der Waals surface area (Å²) in [6, 6.07) is 8.31. The lowest BCUT2D eigenvalue weighted by Crippen LogP contribution is -2.22. The van der Waals surface area contributed by atoms with Crippen LogP contribution in [0.5, 0.6) is 0 Å². The van der Waals surface area contributed by atoms with Crippen molar-refractivity contribution in [3.63, 3.8) is 0 Å². The van der Waals surface area contributed by atoms with Crippen LogP contribution >= 0.6 is 11.8 Å². The van der Waals surface area contributed by atoms with Crippen molar-refractivity contribution in [3.8, 4) is 0 Å². The Balaban J connectivity index is 2.24. The molecule has 0 aromatic heterocycles. The van der Waals surface area contributed by atoms with E-state index in [1.54, 1.807) is 0 Å². The third-order valence-electron chi connectivity index (χ3n) is 1.95. The molecule has 0 aliphatic carbocycles. The molecule has 1 N–H and O–H groups in total. The predicted octanol–water partition coefficient (Wildman–Crippen LogP) is 1.55. The van der Waals surface area contributed by atoms with Crippen molar-refractivity contribution < 1.29 is 5.11 Å². The monoisotopic (exact) mass is 181 g/mol. The van der Waals surface area contributed by atoms with Crippen molar-refractivity contribution in [2.45, 2.75) is 4.90 Å². The number of rotatable bonds is 2. The summed E-state index contributed by atoms with van der Waals surface area (Å²) < 4.78 is 0. The smallest absolute Gasteiger partial charge is 0.0687 e. The lowest BCUT2D eigenvalue weighted by molar-refractivity contribution is 0.304. The number of aliphatic hydroxyl groups excluding tert-OH is 1. The first kappa shape index (κ1) is 7.95. The van der Waals surface area contributed by atoms with Crippen LogP contribution < -0.4 is 4.90 Å². The fourth-order valence-corrected chi connectivity index (χ4v) is 2.45. The standard InChI is InChI=1S/C9H11NOS/c11-6-5-10-7-12-9-4-2-1-3-8(9)10/h1-4,11H,5-7H2. The van der Waals surface area contributed by atoms with Crippen molar-refractivity contribution in [1.29, 1.82) is 0 Å². The van der Waals surface area contributed by atoms with Crippen molar-refractivity contribution in [2.75, 3.05) is 23.9 Å². The summed E-state index contributed by atoms with van der Waals surface area (Å²) in [4.78, 5) is 3.52. The third-order valence-corrected chi connectivity index (χ3v) is 3.05. The lowest BCUT2D eigenvalue weighted by atomic mass is 10.3. The van der Waals surface area contributed by atoms with Crippen molar-refractivity contribution >= 4 is 17.4 Å². The van der Waals surface area contributed by atoms with Gasteiger partial charge in [0.2, 0.25) is 0 Å². The van der Waals surface area contributed by atoms with Gasteiger partial charge in [-0.2, -0.15) is 0 Å². The van der Waals surface area contributed by atoms with Crippen LogP contribution in [0.15, 0.2) is 29.2 Å². The van der Waals surface area contributed by atoms with Gasteiger partial charge in [-0.05, 0) is 12.1 Å². The quantitative estimate of drug-likeness (QED) is 0.748. The normalized spacial score (nSPS) is 14.9. The first-order chi connectivity index (χ1) is 5.92. The topological polar surface area (TPSA) is 23.5 Å². The fraction of sp³-hybridized carbons (Fsp3) is 0.333. The van der Waals surface area contributed by atoms with Crippen LogP contribution in [0.2, 0.25) is 0 Å². The number of anilines is 1. The number of aliphatic hydroxyl groups is 1. The Hall–Kier alpha value is -0.670. The molecule has 1 heterocycles. The molecule has 0 spiro atoms. The van der Waals surface area contributed by atoms with E-state index >= 15 is 0 Å². The zero-order chi connectivity index (χ0) is 8.39. The van der Waals surface area contributed by atoms with E-state index in [-0.39, 0.29) is 6.61 Å². The number of hydrogen-bond acceptors (Lipinski definition) is 3. The highest BCUT2D eigenvalue weighted by Crippen LogP contribution is 2.37. The molecule has 0 saturated heterocycles. The molecule has 0 saturated carbocycles. The number of para-hydroxylation sites is 1. The van der Waals surface area contributed by atoms with E-state index in [0.717, 1.165) is 12.4 Å². The van der Waals surface area contributed by atoms with Gasteiger partial charge in [-0.1, -0.05) is 12.1 Å². The Morgan fingerprint density at radius 3 is 3.08 bits per heavy atom. The Morgan fingerprint density at radius 1 is 1.42 bits per heavy atom. The summed E-state index contributed by atoms with van der Waals surface area (Å²) in [5.74, 6) is 0.972. The summed E-state index contributed by atoms with van der Waals surface area (Å²) in [7, 11) is 0. The largest absolute Gasteiger partial charge is 0.395 e. The van der Waals surface area contributed by atoms with Gasteiger partial charge in [-0.15, -0.1) is 11.8 Å². The van der Waals surface area contributed by atoms with Crippen LogP contribution in [-0.2, 0) is 0 Å².